The van der Waals surface area contributed by atoms with Crippen molar-refractivity contribution >= 4 is 58.4 Å². The zero-order chi connectivity index (χ0) is 36.4. The topological polar surface area (TPSA) is 137 Å². The van der Waals surface area contributed by atoms with Gasteiger partial charge in [-0.15, -0.1) is 0 Å². The minimum absolute atomic E-state index is 0.0869. The molecule has 0 bridgehead atoms. The van der Waals surface area contributed by atoms with Gasteiger partial charge >= 0.3 is 0 Å². The molecule has 4 N–H and O–H groups in total. The first-order valence-corrected chi connectivity index (χ1v) is 18.7. The summed E-state index contributed by atoms with van der Waals surface area (Å²) in [5.41, 5.74) is 1.61. The Morgan fingerprint density at radius 2 is 1.77 bits per heavy atom. The quantitative estimate of drug-likeness (QED) is 0.192. The summed E-state index contributed by atoms with van der Waals surface area (Å²) in [6.07, 6.45) is 5.47. The zero-order valence-corrected chi connectivity index (χ0v) is 29.8. The van der Waals surface area contributed by atoms with E-state index in [1.807, 2.05) is 18.2 Å². The van der Waals surface area contributed by atoms with Crippen LogP contribution in [-0.2, 0) is 37.6 Å². The highest BCUT2D eigenvalue weighted by molar-refractivity contribution is 6.31. The van der Waals surface area contributed by atoms with E-state index in [0.717, 1.165) is 30.4 Å². The molecule has 0 aromatic heterocycles. The summed E-state index contributed by atoms with van der Waals surface area (Å²) >= 11 is 12.7. The molecule has 2 spiro atoms. The molecule has 270 valence electrons. The summed E-state index contributed by atoms with van der Waals surface area (Å²) in [6, 6.07) is 13.8. The van der Waals surface area contributed by atoms with Gasteiger partial charge in [0.1, 0.15) is 17.3 Å². The minimum atomic E-state index is -1.31. The molecule has 3 aromatic rings. The Hall–Kier alpha value is -4.32. The van der Waals surface area contributed by atoms with E-state index in [4.69, 9.17) is 23.2 Å². The van der Waals surface area contributed by atoms with Crippen LogP contribution in [0.1, 0.15) is 89.9 Å². The summed E-state index contributed by atoms with van der Waals surface area (Å²) in [6.45, 7) is 0.551. The fourth-order valence-corrected chi connectivity index (χ4v) is 10.1. The predicted molar refractivity (Wildman–Crippen MR) is 192 cm³/mol. The number of benzene rings is 3. The Morgan fingerprint density at radius 3 is 2.56 bits per heavy atom. The summed E-state index contributed by atoms with van der Waals surface area (Å²) < 4.78 is 16.2. The monoisotopic (exact) mass is 745 g/mol. The number of hydrogen-bond acceptors (Lipinski definition) is 6. The van der Waals surface area contributed by atoms with Crippen LogP contribution in [0.25, 0.3) is 0 Å². The van der Waals surface area contributed by atoms with Crippen LogP contribution < -0.4 is 21.3 Å². The Bertz CT molecular complexity index is 2040. The molecule has 3 aromatic carbocycles. The molecule has 1 saturated carbocycles. The van der Waals surface area contributed by atoms with Gasteiger partial charge in [0.05, 0.1) is 11.1 Å². The van der Waals surface area contributed by atoms with E-state index in [2.05, 4.69) is 21.3 Å². The van der Waals surface area contributed by atoms with Crippen LogP contribution >= 0.6 is 23.2 Å². The van der Waals surface area contributed by atoms with Gasteiger partial charge in [-0.05, 0) is 78.6 Å². The van der Waals surface area contributed by atoms with E-state index in [-0.39, 0.29) is 60.1 Å². The lowest BCUT2D eigenvalue weighted by atomic mass is 9.55. The number of anilines is 1. The Kier molecular flexibility index (Phi) is 8.87. The molecule has 2 saturated heterocycles. The van der Waals surface area contributed by atoms with Crippen molar-refractivity contribution in [2.24, 2.45) is 0 Å². The molecular weight excluding hydrogens is 708 g/mol. The van der Waals surface area contributed by atoms with E-state index in [9.17, 15) is 24.0 Å². The van der Waals surface area contributed by atoms with Crippen LogP contribution in [0, 0.1) is 5.82 Å². The van der Waals surface area contributed by atoms with Crippen molar-refractivity contribution in [2.75, 3.05) is 11.9 Å². The average Bonchev–Trinajstić information content (AvgIpc) is 3.72. The first-order valence-electron chi connectivity index (χ1n) is 17.9. The summed E-state index contributed by atoms with van der Waals surface area (Å²) in [7, 11) is 0. The molecule has 0 radical (unpaired) electrons. The number of nitrogens with one attached hydrogen (secondary N) is 4. The van der Waals surface area contributed by atoms with Crippen molar-refractivity contribution in [3.63, 3.8) is 0 Å². The van der Waals surface area contributed by atoms with Gasteiger partial charge in [-0.3, -0.25) is 34.6 Å². The SMILES string of the molecule is O=C1CCC(N2Cc3c(CCCNC(=O)[C@@H]4NC5(CCCCC5)[C@@]5(C(=O)Nc6cc(Cl)ccc65)[C@H]4c4cccc(Cl)c4F)cccc3C2=O)C(=O)N1. The normalized spacial score (nSPS) is 26.1. The molecule has 4 atom stereocenters. The standard InChI is InChI=1S/C39H38Cl2FN5O5/c40-22-12-13-26-28(19-22)44-37(52)39(26)31(24-10-5-11-27(41)32(24)42)33(46-38(39)16-2-1-3-17-38)35(50)43-18-6-8-21-7-4-9-23-25(21)20-47(36(23)51)29-14-15-30(48)45-34(29)49/h4-5,7,9-13,19,29,31,33,46H,1-3,6,8,14-18,20H2,(H,43,50)(H,44,52)(H,45,48,49)/t29?,31-,33+,39+/m0/s1. The molecular formula is C39H38Cl2FN5O5. The second kappa shape index (κ2) is 13.3. The van der Waals surface area contributed by atoms with Crippen LogP contribution in [0.4, 0.5) is 10.1 Å². The summed E-state index contributed by atoms with van der Waals surface area (Å²) in [4.78, 5) is 68.0. The fourth-order valence-electron chi connectivity index (χ4n) is 9.70. The number of aryl methyl sites for hydroxylation is 1. The second-order valence-electron chi connectivity index (χ2n) is 14.6. The van der Waals surface area contributed by atoms with Crippen LogP contribution in [0.3, 0.4) is 0 Å². The van der Waals surface area contributed by atoms with Crippen molar-refractivity contribution < 1.29 is 28.4 Å². The maximum atomic E-state index is 16.2. The van der Waals surface area contributed by atoms with Crippen LogP contribution in [-0.4, -0.2) is 58.6 Å². The van der Waals surface area contributed by atoms with Gasteiger partial charge in [0.15, 0.2) is 0 Å². The number of fused-ring (bicyclic) bond motifs is 4. The van der Waals surface area contributed by atoms with Crippen molar-refractivity contribution in [1.82, 2.24) is 20.9 Å². The number of carbonyl (C=O) groups is 5. The lowest BCUT2D eigenvalue weighted by molar-refractivity contribution is -0.137. The predicted octanol–water partition coefficient (Wildman–Crippen LogP) is 5.29. The van der Waals surface area contributed by atoms with E-state index in [1.165, 1.54) is 11.0 Å². The van der Waals surface area contributed by atoms with Gasteiger partial charge in [0, 0.05) is 47.2 Å². The third-order valence-electron chi connectivity index (χ3n) is 11.9. The van der Waals surface area contributed by atoms with Gasteiger partial charge in [-0.25, -0.2) is 4.39 Å². The number of halogens is 3. The molecule has 1 unspecified atom stereocenters. The molecule has 4 heterocycles. The average molecular weight is 747 g/mol. The Labute approximate surface area is 310 Å². The van der Waals surface area contributed by atoms with Crippen LogP contribution in [0.5, 0.6) is 0 Å². The van der Waals surface area contributed by atoms with Crippen molar-refractivity contribution in [2.45, 2.75) is 93.3 Å². The van der Waals surface area contributed by atoms with E-state index < -0.39 is 40.7 Å². The van der Waals surface area contributed by atoms with Gasteiger partial charge < -0.3 is 15.5 Å². The van der Waals surface area contributed by atoms with Crippen molar-refractivity contribution in [1.29, 1.82) is 0 Å². The summed E-state index contributed by atoms with van der Waals surface area (Å²) in [5, 5.41) is 12.5. The zero-order valence-electron chi connectivity index (χ0n) is 28.3. The van der Waals surface area contributed by atoms with Gasteiger partial charge in [-0.1, -0.05) is 72.8 Å². The number of hydrogen-bond donors (Lipinski definition) is 4. The molecule has 5 amide bonds. The number of piperidine rings is 1. The van der Waals surface area contributed by atoms with Gasteiger partial charge in [0.25, 0.3) is 5.91 Å². The first kappa shape index (κ1) is 34.7. The first-order chi connectivity index (χ1) is 25.1. The van der Waals surface area contributed by atoms with Gasteiger partial charge in [0.2, 0.25) is 23.6 Å². The number of nitrogens with zero attached hydrogens (tertiary/aromatic N) is 1. The molecule has 52 heavy (non-hydrogen) atoms. The third-order valence-corrected chi connectivity index (χ3v) is 12.4. The van der Waals surface area contributed by atoms with E-state index in [0.29, 0.717) is 47.5 Å². The molecule has 1 aliphatic carbocycles. The number of carbonyl (C=O) groups excluding carboxylic acids is 5. The van der Waals surface area contributed by atoms with E-state index in [1.54, 1.807) is 30.3 Å². The van der Waals surface area contributed by atoms with Gasteiger partial charge in [-0.2, -0.15) is 0 Å². The molecule has 10 nitrogen and oxygen atoms in total. The molecule has 5 aliphatic rings. The molecule has 3 fully saturated rings. The third kappa shape index (κ3) is 5.34. The molecule has 8 rings (SSSR count). The van der Waals surface area contributed by atoms with Crippen molar-refractivity contribution in [3.8, 4) is 0 Å². The maximum Gasteiger partial charge on any atom is 0.255 e. The lowest BCUT2D eigenvalue weighted by Gasteiger charge is -2.47. The number of amides is 5. The number of rotatable bonds is 7. The number of imide groups is 1. The lowest BCUT2D eigenvalue weighted by Crippen LogP contribution is -2.60. The van der Waals surface area contributed by atoms with Crippen LogP contribution in [0.15, 0.2) is 54.6 Å². The minimum Gasteiger partial charge on any atom is -0.355 e. The second-order valence-corrected chi connectivity index (χ2v) is 15.4. The maximum absolute atomic E-state index is 16.2. The van der Waals surface area contributed by atoms with E-state index >= 15 is 4.39 Å². The van der Waals surface area contributed by atoms with Crippen molar-refractivity contribution in [3.05, 3.63) is 98.3 Å². The van der Waals surface area contributed by atoms with Crippen LogP contribution in [0.2, 0.25) is 10.0 Å². The Morgan fingerprint density at radius 1 is 0.981 bits per heavy atom. The highest BCUT2D eigenvalue weighted by Crippen LogP contribution is 2.62. The highest BCUT2D eigenvalue weighted by atomic mass is 35.5. The fraction of sp³-hybridized carbons (Fsp3) is 0.410. The summed E-state index contributed by atoms with van der Waals surface area (Å²) in [5.74, 6) is -3.26. The molecule has 4 aliphatic heterocycles. The molecule has 13 heteroatoms. The Balaban J connectivity index is 1.06. The highest BCUT2D eigenvalue weighted by Gasteiger charge is 2.72. The largest absolute Gasteiger partial charge is 0.355 e. The smallest absolute Gasteiger partial charge is 0.255 e.